The average molecular weight is 509 g/mol. The molecule has 0 amide bonds. The zero-order valence-electron chi connectivity index (χ0n) is 19.4. The Morgan fingerprint density at radius 2 is 1.97 bits per heavy atom. The van der Waals surface area contributed by atoms with Crippen molar-refractivity contribution in [3.63, 3.8) is 0 Å². The molecule has 10 heteroatoms. The maximum Gasteiger partial charge on any atom is 0.331 e. The molecule has 1 aliphatic heterocycles. The number of aliphatic carboxylic acids is 1. The van der Waals surface area contributed by atoms with Crippen LogP contribution < -0.4 is 9.64 Å². The lowest BCUT2D eigenvalue weighted by atomic mass is 10.1. The van der Waals surface area contributed by atoms with E-state index < -0.39 is 16.0 Å². The number of rotatable bonds is 9. The SMILES string of the molecule is CCCCC1CN(c2ccc(F)cc2)c2cc(SCC)c(O/C=C/C(=O)O)cc2S(=O)(=O)N1C. The number of thioether (sulfide) groups is 1. The van der Waals surface area contributed by atoms with Crippen molar-refractivity contribution in [2.45, 2.75) is 48.9 Å². The predicted octanol–water partition coefficient (Wildman–Crippen LogP) is 5.25. The minimum Gasteiger partial charge on any atom is -0.478 e. The largest absolute Gasteiger partial charge is 0.478 e. The molecule has 0 bridgehead atoms. The summed E-state index contributed by atoms with van der Waals surface area (Å²) in [7, 11) is -2.32. The number of unbranched alkanes of at least 4 members (excludes halogenated alkanes) is 1. The molecule has 1 N–H and O–H groups in total. The molecule has 0 saturated carbocycles. The van der Waals surface area contributed by atoms with Crippen LogP contribution in [0.4, 0.5) is 15.8 Å². The number of ether oxygens (including phenoxy) is 1. The number of nitrogens with zero attached hydrogens (tertiary/aromatic N) is 2. The quantitative estimate of drug-likeness (QED) is 0.281. The molecule has 2 aromatic rings. The number of halogens is 1. The van der Waals surface area contributed by atoms with E-state index >= 15 is 0 Å². The highest BCUT2D eigenvalue weighted by atomic mass is 32.2. The van der Waals surface area contributed by atoms with Gasteiger partial charge in [0, 0.05) is 31.4 Å². The van der Waals surface area contributed by atoms with Crippen molar-refractivity contribution < 1.29 is 27.4 Å². The summed E-state index contributed by atoms with van der Waals surface area (Å²) in [6, 6.07) is 8.90. The van der Waals surface area contributed by atoms with Gasteiger partial charge < -0.3 is 14.7 Å². The number of sulfonamides is 1. The summed E-state index contributed by atoms with van der Waals surface area (Å²) in [5, 5.41) is 8.88. The second kappa shape index (κ2) is 11.2. The van der Waals surface area contributed by atoms with E-state index in [4.69, 9.17) is 9.84 Å². The lowest BCUT2D eigenvalue weighted by molar-refractivity contribution is -0.131. The van der Waals surface area contributed by atoms with Crippen molar-refractivity contribution in [3.05, 3.63) is 54.6 Å². The van der Waals surface area contributed by atoms with Crippen LogP contribution in [0.15, 0.2) is 58.5 Å². The summed E-state index contributed by atoms with van der Waals surface area (Å²) < 4.78 is 48.0. The fourth-order valence-corrected chi connectivity index (χ4v) is 6.15. The van der Waals surface area contributed by atoms with Gasteiger partial charge in [-0.25, -0.2) is 17.6 Å². The summed E-state index contributed by atoms with van der Waals surface area (Å²) in [5.41, 5.74) is 1.16. The topological polar surface area (TPSA) is 87.1 Å². The van der Waals surface area contributed by atoms with Gasteiger partial charge in [-0.2, -0.15) is 4.31 Å². The maximum absolute atomic E-state index is 13.7. The first-order valence-corrected chi connectivity index (χ1v) is 13.5. The van der Waals surface area contributed by atoms with Crippen LogP contribution in [-0.4, -0.2) is 49.2 Å². The Morgan fingerprint density at radius 1 is 1.26 bits per heavy atom. The summed E-state index contributed by atoms with van der Waals surface area (Å²) >= 11 is 1.45. The third-order valence-corrected chi connectivity index (χ3v) is 8.47. The fourth-order valence-electron chi connectivity index (χ4n) is 3.83. The van der Waals surface area contributed by atoms with Crippen molar-refractivity contribution >= 4 is 39.1 Å². The number of carbonyl (C=O) groups is 1. The molecule has 1 heterocycles. The zero-order valence-corrected chi connectivity index (χ0v) is 21.0. The first-order chi connectivity index (χ1) is 16.2. The molecule has 0 saturated heterocycles. The fraction of sp³-hybridized carbons (Fsp3) is 0.375. The highest BCUT2D eigenvalue weighted by Crippen LogP contribution is 2.44. The average Bonchev–Trinajstić information content (AvgIpc) is 2.87. The Balaban J connectivity index is 2.22. The van der Waals surface area contributed by atoms with Crippen molar-refractivity contribution in [2.24, 2.45) is 0 Å². The van der Waals surface area contributed by atoms with Gasteiger partial charge in [-0.1, -0.05) is 26.7 Å². The van der Waals surface area contributed by atoms with Crippen LogP contribution in [-0.2, 0) is 14.8 Å². The monoisotopic (exact) mass is 508 g/mol. The van der Waals surface area contributed by atoms with Gasteiger partial charge in [-0.3, -0.25) is 0 Å². The highest BCUT2D eigenvalue weighted by Gasteiger charge is 2.37. The van der Waals surface area contributed by atoms with Crippen LogP contribution in [0.1, 0.15) is 33.1 Å². The van der Waals surface area contributed by atoms with Crippen molar-refractivity contribution in [3.8, 4) is 5.75 Å². The first-order valence-electron chi connectivity index (χ1n) is 11.1. The lowest BCUT2D eigenvalue weighted by Gasteiger charge is -2.29. The van der Waals surface area contributed by atoms with Crippen LogP contribution >= 0.6 is 11.8 Å². The summed E-state index contributed by atoms with van der Waals surface area (Å²) in [4.78, 5) is 13.5. The Hall–Kier alpha value is -2.56. The molecule has 0 spiro atoms. The van der Waals surface area contributed by atoms with Crippen molar-refractivity contribution in [1.29, 1.82) is 0 Å². The number of likely N-dealkylation sites (N-methyl/N-ethyl adjacent to an activating group) is 1. The Morgan fingerprint density at radius 3 is 2.59 bits per heavy atom. The molecule has 1 atom stereocenters. The smallest absolute Gasteiger partial charge is 0.331 e. The van der Waals surface area contributed by atoms with Gasteiger partial charge in [-0.05, 0) is 42.5 Å². The predicted molar refractivity (Wildman–Crippen MR) is 132 cm³/mol. The van der Waals surface area contributed by atoms with E-state index in [0.29, 0.717) is 35.0 Å². The number of hydrogen-bond acceptors (Lipinski definition) is 6. The standard InChI is InChI=1S/C24H29FN2O5S2/c1-4-6-7-19-16-27(18-10-8-17(25)9-11-18)20-14-22(33-5-2)21(32-13-12-24(28)29)15-23(20)34(30,31)26(19)3/h8-15,19H,4-7,16H2,1-3H3,(H,28,29)/b13-12+. The van der Waals surface area contributed by atoms with E-state index in [1.165, 1.54) is 34.3 Å². The molecule has 7 nitrogen and oxygen atoms in total. The molecule has 1 unspecified atom stereocenters. The molecule has 0 fully saturated rings. The summed E-state index contributed by atoms with van der Waals surface area (Å²) in [5.74, 6) is -0.596. The van der Waals surface area contributed by atoms with Crippen molar-refractivity contribution in [2.75, 3.05) is 24.2 Å². The second-order valence-corrected chi connectivity index (χ2v) is 11.1. The molecule has 2 aromatic carbocycles. The Kier molecular flexibility index (Phi) is 8.62. The van der Waals surface area contributed by atoms with Crippen LogP contribution in [0.5, 0.6) is 5.75 Å². The minimum atomic E-state index is -3.89. The number of carboxylic acid groups (broad SMARTS) is 1. The van der Waals surface area contributed by atoms with Crippen LogP contribution in [0.2, 0.25) is 0 Å². The number of benzene rings is 2. The van der Waals surface area contributed by atoms with E-state index in [9.17, 15) is 17.6 Å². The molecule has 184 valence electrons. The first kappa shape index (κ1) is 26.1. The zero-order chi connectivity index (χ0) is 24.9. The van der Waals surface area contributed by atoms with E-state index in [1.807, 2.05) is 11.8 Å². The molecule has 0 radical (unpaired) electrons. The van der Waals surface area contributed by atoms with Gasteiger partial charge >= 0.3 is 5.97 Å². The van der Waals surface area contributed by atoms with Gasteiger partial charge in [0.15, 0.2) is 0 Å². The Bertz CT molecular complexity index is 1150. The van der Waals surface area contributed by atoms with E-state index in [2.05, 4.69) is 6.92 Å². The number of fused-ring (bicyclic) bond motifs is 1. The minimum absolute atomic E-state index is 0.0532. The van der Waals surface area contributed by atoms with Gasteiger partial charge in [0.25, 0.3) is 0 Å². The third-order valence-electron chi connectivity index (χ3n) is 5.62. The van der Waals surface area contributed by atoms with Gasteiger partial charge in [0.05, 0.1) is 22.9 Å². The Labute approximate surface area is 204 Å². The molecule has 1 aliphatic rings. The second-order valence-electron chi connectivity index (χ2n) is 7.86. The van der Waals surface area contributed by atoms with Gasteiger partial charge in [0.1, 0.15) is 16.5 Å². The molecule has 0 aliphatic carbocycles. The summed E-state index contributed by atoms with van der Waals surface area (Å²) in [6.45, 7) is 4.42. The van der Waals surface area contributed by atoms with Crippen molar-refractivity contribution in [1.82, 2.24) is 4.31 Å². The molecule has 0 aromatic heterocycles. The highest BCUT2D eigenvalue weighted by molar-refractivity contribution is 7.99. The lowest BCUT2D eigenvalue weighted by Crippen LogP contribution is -2.40. The van der Waals surface area contributed by atoms with E-state index in [0.717, 1.165) is 25.2 Å². The van der Waals surface area contributed by atoms with Crippen LogP contribution in [0.3, 0.4) is 0 Å². The molecule has 34 heavy (non-hydrogen) atoms. The number of carboxylic acids is 1. The number of hydrogen-bond donors (Lipinski definition) is 1. The summed E-state index contributed by atoms with van der Waals surface area (Å²) in [6.07, 6.45) is 4.35. The van der Waals surface area contributed by atoms with Crippen LogP contribution in [0, 0.1) is 5.82 Å². The molecular weight excluding hydrogens is 479 g/mol. The van der Waals surface area contributed by atoms with E-state index in [-0.39, 0.29) is 22.5 Å². The van der Waals surface area contributed by atoms with Gasteiger partial charge in [-0.15, -0.1) is 11.8 Å². The molecular formula is C24H29FN2O5S2. The normalized spacial score (nSPS) is 18.0. The van der Waals surface area contributed by atoms with E-state index in [1.54, 1.807) is 25.2 Å². The number of anilines is 2. The van der Waals surface area contributed by atoms with Crippen LogP contribution in [0.25, 0.3) is 0 Å². The van der Waals surface area contributed by atoms with Gasteiger partial charge in [0.2, 0.25) is 10.0 Å². The maximum atomic E-state index is 13.7. The third kappa shape index (κ3) is 5.73. The molecule has 3 rings (SSSR count).